The molecule has 2 atom stereocenters. The van der Waals surface area contributed by atoms with Gasteiger partial charge in [0.1, 0.15) is 0 Å². The van der Waals surface area contributed by atoms with E-state index in [0.717, 1.165) is 39.0 Å². The minimum absolute atomic E-state index is 0.0816. The summed E-state index contributed by atoms with van der Waals surface area (Å²) >= 11 is 0. The molecule has 1 fully saturated rings. The number of piperazine rings is 1. The van der Waals surface area contributed by atoms with E-state index >= 15 is 0 Å². The van der Waals surface area contributed by atoms with Crippen molar-refractivity contribution < 1.29 is 9.90 Å². The largest absolute Gasteiger partial charge is 0.391 e. The first-order valence-corrected chi connectivity index (χ1v) is 8.21. The van der Waals surface area contributed by atoms with Gasteiger partial charge in [0.2, 0.25) is 5.91 Å². The zero-order chi connectivity index (χ0) is 15.5. The van der Waals surface area contributed by atoms with Crippen LogP contribution in [0.25, 0.3) is 0 Å². The minimum atomic E-state index is -0.316. The molecule has 4 nitrogen and oxygen atoms in total. The van der Waals surface area contributed by atoms with Gasteiger partial charge in [0.15, 0.2) is 0 Å². The lowest BCUT2D eigenvalue weighted by atomic mass is 9.89. The Bertz CT molecular complexity index is 379. The van der Waals surface area contributed by atoms with Gasteiger partial charge in [-0.2, -0.15) is 0 Å². The van der Waals surface area contributed by atoms with E-state index in [0.29, 0.717) is 24.8 Å². The van der Waals surface area contributed by atoms with E-state index in [2.05, 4.69) is 37.8 Å². The van der Waals surface area contributed by atoms with E-state index < -0.39 is 0 Å². The number of aliphatic hydroxyl groups excluding tert-OH is 1. The van der Waals surface area contributed by atoms with E-state index in [9.17, 15) is 9.90 Å². The number of hydrogen-bond donors (Lipinski definition) is 1. The quantitative estimate of drug-likeness (QED) is 0.805. The van der Waals surface area contributed by atoms with Crippen molar-refractivity contribution in [3.05, 3.63) is 12.2 Å². The van der Waals surface area contributed by atoms with Crippen LogP contribution in [0.1, 0.15) is 40.0 Å². The molecule has 1 aliphatic heterocycles. The molecule has 0 spiro atoms. The van der Waals surface area contributed by atoms with Crippen LogP contribution in [0, 0.1) is 11.3 Å². The second-order valence-electron chi connectivity index (χ2n) is 7.53. The average molecular weight is 294 g/mol. The van der Waals surface area contributed by atoms with Gasteiger partial charge in [0.25, 0.3) is 0 Å². The molecule has 1 N–H and O–H groups in total. The van der Waals surface area contributed by atoms with Crippen LogP contribution in [-0.2, 0) is 4.79 Å². The SMILES string of the molecule is CC(C)(C)C(O)CN1CCN(C(=O)CC2C=CCC2)CC1. The average Bonchev–Trinajstić information content (AvgIpc) is 2.91. The van der Waals surface area contributed by atoms with Gasteiger partial charge in [0.05, 0.1) is 6.10 Å². The molecule has 0 aromatic carbocycles. The molecular formula is C17H30N2O2. The summed E-state index contributed by atoms with van der Waals surface area (Å²) in [6, 6.07) is 0. The summed E-state index contributed by atoms with van der Waals surface area (Å²) in [5.41, 5.74) is -0.0816. The van der Waals surface area contributed by atoms with Crippen LogP contribution in [0.2, 0.25) is 0 Å². The number of hydrogen-bond acceptors (Lipinski definition) is 3. The van der Waals surface area contributed by atoms with Crippen molar-refractivity contribution in [2.75, 3.05) is 32.7 Å². The van der Waals surface area contributed by atoms with Gasteiger partial charge in [-0.05, 0) is 24.2 Å². The molecule has 120 valence electrons. The Hall–Kier alpha value is -0.870. The third-order valence-corrected chi connectivity index (χ3v) is 4.70. The Balaban J connectivity index is 1.72. The van der Waals surface area contributed by atoms with Crippen LogP contribution in [-0.4, -0.2) is 59.6 Å². The van der Waals surface area contributed by atoms with Crippen molar-refractivity contribution in [3.8, 4) is 0 Å². The number of carbonyl (C=O) groups is 1. The van der Waals surface area contributed by atoms with Crippen molar-refractivity contribution in [3.63, 3.8) is 0 Å². The van der Waals surface area contributed by atoms with E-state index in [-0.39, 0.29) is 11.5 Å². The number of aliphatic hydroxyl groups is 1. The molecule has 2 rings (SSSR count). The normalized spacial score (nSPS) is 25.3. The van der Waals surface area contributed by atoms with E-state index in [4.69, 9.17) is 0 Å². The van der Waals surface area contributed by atoms with Gasteiger partial charge in [-0.3, -0.25) is 9.69 Å². The number of carbonyl (C=O) groups excluding carboxylic acids is 1. The fourth-order valence-electron chi connectivity index (χ4n) is 2.92. The van der Waals surface area contributed by atoms with Gasteiger partial charge < -0.3 is 10.0 Å². The van der Waals surface area contributed by atoms with Crippen LogP contribution < -0.4 is 0 Å². The van der Waals surface area contributed by atoms with Gasteiger partial charge in [-0.15, -0.1) is 0 Å². The second-order valence-corrected chi connectivity index (χ2v) is 7.53. The summed E-state index contributed by atoms with van der Waals surface area (Å²) in [5.74, 6) is 0.751. The Morgan fingerprint density at radius 2 is 1.95 bits per heavy atom. The van der Waals surface area contributed by atoms with Crippen molar-refractivity contribution in [1.29, 1.82) is 0 Å². The van der Waals surface area contributed by atoms with Crippen LogP contribution in [0.4, 0.5) is 0 Å². The molecule has 1 amide bonds. The molecule has 0 saturated carbocycles. The standard InChI is InChI=1S/C17H30N2O2/c1-17(2,3)15(20)13-18-8-10-19(11-9-18)16(21)12-14-6-4-5-7-14/h4,6,14-15,20H,5,7-13H2,1-3H3. The number of rotatable bonds is 4. The van der Waals surface area contributed by atoms with Crippen LogP contribution in [0.5, 0.6) is 0 Å². The van der Waals surface area contributed by atoms with Crippen molar-refractivity contribution in [1.82, 2.24) is 9.80 Å². The Morgan fingerprint density at radius 1 is 1.29 bits per heavy atom. The third-order valence-electron chi connectivity index (χ3n) is 4.70. The molecule has 2 aliphatic rings. The summed E-state index contributed by atoms with van der Waals surface area (Å²) in [6.45, 7) is 10.2. The highest BCUT2D eigenvalue weighted by molar-refractivity contribution is 5.76. The van der Waals surface area contributed by atoms with Crippen molar-refractivity contribution in [2.45, 2.75) is 46.1 Å². The molecule has 0 radical (unpaired) electrons. The fourth-order valence-corrected chi connectivity index (χ4v) is 2.92. The number of β-amino-alcohol motifs (C(OH)–C–C–N with tert-alkyl or cyclic N) is 1. The first kappa shape index (κ1) is 16.5. The highest BCUT2D eigenvalue weighted by Gasteiger charge is 2.28. The summed E-state index contributed by atoms with van der Waals surface area (Å²) < 4.78 is 0. The first-order valence-electron chi connectivity index (χ1n) is 8.21. The summed E-state index contributed by atoms with van der Waals surface area (Å²) in [5, 5.41) is 10.2. The number of amides is 1. The molecule has 1 aliphatic carbocycles. The monoisotopic (exact) mass is 294 g/mol. The van der Waals surface area contributed by atoms with E-state index in [1.165, 1.54) is 0 Å². The minimum Gasteiger partial charge on any atom is -0.391 e. The molecule has 2 unspecified atom stereocenters. The number of allylic oxidation sites excluding steroid dienone is 2. The second kappa shape index (κ2) is 6.93. The lowest BCUT2D eigenvalue weighted by Gasteiger charge is -2.38. The maximum absolute atomic E-state index is 12.3. The predicted octanol–water partition coefficient (Wildman–Crippen LogP) is 1.89. The molecule has 1 heterocycles. The van der Waals surface area contributed by atoms with Gasteiger partial charge in [-0.25, -0.2) is 0 Å². The maximum atomic E-state index is 12.3. The molecule has 4 heteroatoms. The molecule has 1 saturated heterocycles. The van der Waals surface area contributed by atoms with E-state index in [1.54, 1.807) is 0 Å². The Labute approximate surface area is 128 Å². The zero-order valence-corrected chi connectivity index (χ0v) is 13.7. The summed E-state index contributed by atoms with van der Waals surface area (Å²) in [7, 11) is 0. The predicted molar refractivity (Wildman–Crippen MR) is 85.0 cm³/mol. The number of nitrogens with zero attached hydrogens (tertiary/aromatic N) is 2. The summed E-state index contributed by atoms with van der Waals surface area (Å²) in [4.78, 5) is 16.5. The van der Waals surface area contributed by atoms with E-state index in [1.807, 2.05) is 4.90 Å². The highest BCUT2D eigenvalue weighted by atomic mass is 16.3. The maximum Gasteiger partial charge on any atom is 0.223 e. The Morgan fingerprint density at radius 3 is 2.48 bits per heavy atom. The topological polar surface area (TPSA) is 43.8 Å². The fraction of sp³-hybridized carbons (Fsp3) is 0.824. The van der Waals surface area contributed by atoms with Crippen LogP contribution in [0.15, 0.2) is 12.2 Å². The van der Waals surface area contributed by atoms with Gasteiger partial charge in [0, 0.05) is 39.1 Å². The van der Waals surface area contributed by atoms with Crippen LogP contribution in [0.3, 0.4) is 0 Å². The third kappa shape index (κ3) is 4.82. The lowest BCUT2D eigenvalue weighted by Crippen LogP contribution is -2.51. The first-order chi connectivity index (χ1) is 9.86. The lowest BCUT2D eigenvalue weighted by molar-refractivity contribution is -0.133. The molecule has 0 aromatic rings. The van der Waals surface area contributed by atoms with Gasteiger partial charge >= 0.3 is 0 Å². The molecular weight excluding hydrogens is 264 g/mol. The molecule has 21 heavy (non-hydrogen) atoms. The molecule has 0 aromatic heterocycles. The highest BCUT2D eigenvalue weighted by Crippen LogP contribution is 2.22. The van der Waals surface area contributed by atoms with Crippen molar-refractivity contribution >= 4 is 5.91 Å². The van der Waals surface area contributed by atoms with Gasteiger partial charge in [-0.1, -0.05) is 32.9 Å². The molecule has 0 bridgehead atoms. The smallest absolute Gasteiger partial charge is 0.223 e. The zero-order valence-electron chi connectivity index (χ0n) is 13.7. The van der Waals surface area contributed by atoms with Crippen molar-refractivity contribution in [2.24, 2.45) is 11.3 Å². The van der Waals surface area contributed by atoms with Crippen LogP contribution >= 0.6 is 0 Å². The Kier molecular flexibility index (Phi) is 5.44. The summed E-state index contributed by atoms with van der Waals surface area (Å²) in [6.07, 6.45) is 6.97.